The lowest BCUT2D eigenvalue weighted by molar-refractivity contribution is -0.137. The first-order chi connectivity index (χ1) is 12.8. The number of aliphatic hydroxyl groups is 2. The molecule has 1 rings (SSSR count). The molecule has 0 aliphatic heterocycles. The molecule has 156 valence electrons. The quantitative estimate of drug-likeness (QED) is 0.276. The summed E-state index contributed by atoms with van der Waals surface area (Å²) in [4.78, 5) is 15.1. The van der Waals surface area contributed by atoms with E-state index in [0.29, 0.717) is 19.6 Å². The molecule has 1 aromatic heterocycles. The molecule has 0 radical (unpaired) electrons. The maximum Gasteiger partial charge on any atom is 0.325 e. The monoisotopic (exact) mass is 386 g/mol. The third-order valence-corrected chi connectivity index (χ3v) is 4.02. The Bertz CT molecular complexity index is 537. The normalized spacial score (nSPS) is 14.0. The van der Waals surface area contributed by atoms with Gasteiger partial charge in [-0.3, -0.25) is 14.6 Å². The van der Waals surface area contributed by atoms with E-state index in [9.17, 15) is 15.0 Å². The molecule has 0 aliphatic rings. The highest BCUT2D eigenvalue weighted by Crippen LogP contribution is 2.02. The molecule has 2 atom stereocenters. The van der Waals surface area contributed by atoms with E-state index < -0.39 is 12.1 Å². The van der Waals surface area contributed by atoms with E-state index in [-0.39, 0.29) is 12.6 Å². The zero-order chi connectivity index (χ0) is 20.2. The van der Waals surface area contributed by atoms with Crippen molar-refractivity contribution in [2.75, 3.05) is 45.8 Å². The number of aliphatic hydroxyl groups excluding tert-OH is 2. The molecule has 0 aromatic carbocycles. The van der Waals surface area contributed by atoms with Crippen LogP contribution in [0.15, 0.2) is 6.20 Å². The van der Waals surface area contributed by atoms with Crippen molar-refractivity contribution < 1.29 is 20.1 Å². The zero-order valence-corrected chi connectivity index (χ0v) is 16.6. The van der Waals surface area contributed by atoms with Crippen LogP contribution in [0.2, 0.25) is 0 Å². The number of carboxylic acid groups (broad SMARTS) is 1. The second-order valence-electron chi connectivity index (χ2n) is 6.87. The zero-order valence-electron chi connectivity index (χ0n) is 16.6. The van der Waals surface area contributed by atoms with Gasteiger partial charge in [0.25, 0.3) is 0 Å². The molecule has 27 heavy (non-hydrogen) atoms. The maximum absolute atomic E-state index is 10.7. The SMILES string of the molecule is CCN(CCN(CCNC[C@H](C)O)CC(C)O)Cc1cn(CC(=O)O)nn1. The van der Waals surface area contributed by atoms with Crippen molar-refractivity contribution in [3.8, 4) is 0 Å². The fraction of sp³-hybridized carbons (Fsp3) is 0.824. The van der Waals surface area contributed by atoms with Crippen LogP contribution in [0.4, 0.5) is 0 Å². The number of hydrogen-bond donors (Lipinski definition) is 4. The van der Waals surface area contributed by atoms with Crippen LogP contribution in [0.1, 0.15) is 26.5 Å². The summed E-state index contributed by atoms with van der Waals surface area (Å²) in [7, 11) is 0. The second-order valence-corrected chi connectivity index (χ2v) is 6.87. The van der Waals surface area contributed by atoms with E-state index in [1.807, 2.05) is 0 Å². The summed E-state index contributed by atoms with van der Waals surface area (Å²) in [6, 6.07) is 0. The maximum atomic E-state index is 10.7. The van der Waals surface area contributed by atoms with Crippen LogP contribution in [0.3, 0.4) is 0 Å². The lowest BCUT2D eigenvalue weighted by Gasteiger charge is -2.27. The Kier molecular flexibility index (Phi) is 11.1. The Hall–Kier alpha value is -1.59. The number of rotatable bonds is 15. The summed E-state index contributed by atoms with van der Waals surface area (Å²) in [5.74, 6) is -0.947. The van der Waals surface area contributed by atoms with Crippen molar-refractivity contribution in [3.63, 3.8) is 0 Å². The average Bonchev–Trinajstić information content (AvgIpc) is 3.00. The second kappa shape index (κ2) is 12.7. The minimum absolute atomic E-state index is 0.194. The molecule has 0 spiro atoms. The number of aliphatic carboxylic acids is 1. The van der Waals surface area contributed by atoms with Crippen molar-refractivity contribution in [2.24, 2.45) is 0 Å². The number of carboxylic acids is 1. The molecular formula is C17H34N6O4. The van der Waals surface area contributed by atoms with Gasteiger partial charge in [-0.25, -0.2) is 4.68 Å². The van der Waals surface area contributed by atoms with Gasteiger partial charge in [0, 0.05) is 45.8 Å². The summed E-state index contributed by atoms with van der Waals surface area (Å²) in [5.41, 5.74) is 0.735. The van der Waals surface area contributed by atoms with Gasteiger partial charge in [-0.15, -0.1) is 5.10 Å². The molecule has 0 amide bonds. The van der Waals surface area contributed by atoms with Crippen molar-refractivity contribution in [1.29, 1.82) is 0 Å². The van der Waals surface area contributed by atoms with Crippen LogP contribution in [0, 0.1) is 0 Å². The van der Waals surface area contributed by atoms with Gasteiger partial charge in [0.05, 0.1) is 24.1 Å². The minimum atomic E-state index is -0.947. The van der Waals surface area contributed by atoms with Gasteiger partial charge >= 0.3 is 5.97 Å². The molecule has 10 nitrogen and oxygen atoms in total. The van der Waals surface area contributed by atoms with Gasteiger partial charge in [-0.1, -0.05) is 12.1 Å². The van der Waals surface area contributed by atoms with Gasteiger partial charge < -0.3 is 20.6 Å². The van der Waals surface area contributed by atoms with Crippen LogP contribution < -0.4 is 5.32 Å². The summed E-state index contributed by atoms with van der Waals surface area (Å²) in [6.45, 7) is 11.1. The van der Waals surface area contributed by atoms with Crippen LogP contribution in [0.5, 0.6) is 0 Å². The largest absolute Gasteiger partial charge is 0.480 e. The summed E-state index contributed by atoms with van der Waals surface area (Å²) in [5, 5.41) is 38.9. The third kappa shape index (κ3) is 11.0. The molecule has 4 N–H and O–H groups in total. The van der Waals surface area contributed by atoms with Gasteiger partial charge in [0.15, 0.2) is 0 Å². The van der Waals surface area contributed by atoms with E-state index in [2.05, 4.69) is 32.4 Å². The average molecular weight is 386 g/mol. The first-order valence-corrected chi connectivity index (χ1v) is 9.42. The molecule has 1 unspecified atom stereocenters. The molecular weight excluding hydrogens is 352 g/mol. The lowest BCUT2D eigenvalue weighted by atomic mass is 10.3. The molecule has 0 bridgehead atoms. The van der Waals surface area contributed by atoms with E-state index in [0.717, 1.165) is 38.4 Å². The van der Waals surface area contributed by atoms with Crippen LogP contribution in [-0.2, 0) is 17.9 Å². The minimum Gasteiger partial charge on any atom is -0.480 e. The fourth-order valence-electron chi connectivity index (χ4n) is 2.70. The molecule has 0 fully saturated rings. The first kappa shape index (κ1) is 23.4. The topological polar surface area (TPSA) is 127 Å². The number of nitrogens with zero attached hydrogens (tertiary/aromatic N) is 5. The Balaban J connectivity index is 2.47. The number of aromatic nitrogens is 3. The molecule has 10 heteroatoms. The van der Waals surface area contributed by atoms with Crippen LogP contribution in [0.25, 0.3) is 0 Å². The molecule has 0 aliphatic carbocycles. The summed E-state index contributed by atoms with van der Waals surface area (Å²) < 4.78 is 1.32. The Morgan fingerprint density at radius 1 is 1.22 bits per heavy atom. The van der Waals surface area contributed by atoms with Crippen molar-refractivity contribution in [2.45, 2.75) is 46.1 Å². The van der Waals surface area contributed by atoms with Gasteiger partial charge in [-0.2, -0.15) is 0 Å². The first-order valence-electron chi connectivity index (χ1n) is 9.42. The molecule has 0 saturated heterocycles. The molecule has 0 saturated carbocycles. The van der Waals surface area contributed by atoms with E-state index in [1.165, 1.54) is 4.68 Å². The Morgan fingerprint density at radius 3 is 2.52 bits per heavy atom. The summed E-state index contributed by atoms with van der Waals surface area (Å²) in [6.07, 6.45) is 0.873. The van der Waals surface area contributed by atoms with Crippen LogP contribution in [-0.4, -0.2) is 104 Å². The third-order valence-electron chi connectivity index (χ3n) is 4.02. The van der Waals surface area contributed by atoms with Gasteiger partial charge in [0.1, 0.15) is 6.54 Å². The molecule has 1 aromatic rings. The Morgan fingerprint density at radius 2 is 1.93 bits per heavy atom. The van der Waals surface area contributed by atoms with E-state index >= 15 is 0 Å². The number of nitrogens with one attached hydrogen (secondary N) is 1. The van der Waals surface area contributed by atoms with Gasteiger partial charge in [0.2, 0.25) is 0 Å². The highest BCUT2D eigenvalue weighted by Gasteiger charge is 2.13. The van der Waals surface area contributed by atoms with E-state index in [1.54, 1.807) is 20.0 Å². The van der Waals surface area contributed by atoms with Crippen molar-refractivity contribution >= 4 is 5.97 Å². The summed E-state index contributed by atoms with van der Waals surface area (Å²) >= 11 is 0. The van der Waals surface area contributed by atoms with Gasteiger partial charge in [-0.05, 0) is 20.4 Å². The Labute approximate surface area is 160 Å². The highest BCUT2D eigenvalue weighted by atomic mass is 16.4. The smallest absolute Gasteiger partial charge is 0.325 e. The van der Waals surface area contributed by atoms with Crippen molar-refractivity contribution in [3.05, 3.63) is 11.9 Å². The number of hydrogen-bond acceptors (Lipinski definition) is 8. The predicted octanol–water partition coefficient (Wildman–Crippen LogP) is -1.16. The van der Waals surface area contributed by atoms with Crippen LogP contribution >= 0.6 is 0 Å². The molecule has 1 heterocycles. The number of likely N-dealkylation sites (N-methyl/N-ethyl adjacent to an activating group) is 1. The predicted molar refractivity (Wildman–Crippen MR) is 101 cm³/mol. The van der Waals surface area contributed by atoms with E-state index in [4.69, 9.17) is 5.11 Å². The van der Waals surface area contributed by atoms with Crippen molar-refractivity contribution in [1.82, 2.24) is 30.1 Å². The standard InChI is InChI=1S/C17H34N6O4/c1-4-21(11-16-12-23(20-19-16)13-17(26)27)7-8-22(10-15(3)25)6-5-18-9-14(2)24/h12,14-15,18,24-25H,4-11,13H2,1-3H3,(H,26,27)/t14-,15?/m0/s1. The fourth-order valence-corrected chi connectivity index (χ4v) is 2.70. The number of carbonyl (C=O) groups is 1. The highest BCUT2D eigenvalue weighted by molar-refractivity contribution is 5.66. The lowest BCUT2D eigenvalue weighted by Crippen LogP contribution is -2.42.